The fourth-order valence-corrected chi connectivity index (χ4v) is 3.69. The third-order valence-electron chi connectivity index (χ3n) is 5.41. The first-order valence-electron chi connectivity index (χ1n) is 10.5. The standard InChI is InChI=1S/C24H29N3O3/c1-3-21(28)26-20-14-12-18(13-15-20)17(2)25-24(30)23(19-9-5-4-6-10-19)27-16-8-7-11-22(27)29/h4-6,9-10,12-15,17,23H,3,7-8,11,16H2,1-2H3,(H,25,30)(H,26,28). The molecule has 0 spiro atoms. The van der Waals surface area contributed by atoms with Crippen LogP contribution in [0.4, 0.5) is 5.69 Å². The van der Waals surface area contributed by atoms with E-state index in [-0.39, 0.29) is 23.8 Å². The molecule has 0 saturated carbocycles. The van der Waals surface area contributed by atoms with E-state index in [4.69, 9.17) is 0 Å². The van der Waals surface area contributed by atoms with Crippen LogP contribution in [0.5, 0.6) is 0 Å². The average Bonchev–Trinajstić information content (AvgIpc) is 2.76. The molecule has 1 heterocycles. The van der Waals surface area contributed by atoms with Crippen molar-refractivity contribution in [2.75, 3.05) is 11.9 Å². The second kappa shape index (κ2) is 10.1. The van der Waals surface area contributed by atoms with Crippen LogP contribution in [0, 0.1) is 0 Å². The Bertz CT molecular complexity index is 880. The van der Waals surface area contributed by atoms with Crippen molar-refractivity contribution in [3.05, 3.63) is 65.7 Å². The van der Waals surface area contributed by atoms with Gasteiger partial charge in [-0.1, -0.05) is 49.4 Å². The third kappa shape index (κ3) is 5.26. The molecule has 2 aromatic carbocycles. The van der Waals surface area contributed by atoms with E-state index in [9.17, 15) is 14.4 Å². The quantitative estimate of drug-likeness (QED) is 0.729. The monoisotopic (exact) mass is 407 g/mol. The van der Waals surface area contributed by atoms with Crippen molar-refractivity contribution in [2.24, 2.45) is 0 Å². The minimum atomic E-state index is -0.635. The number of carbonyl (C=O) groups excluding carboxylic acids is 3. The summed E-state index contributed by atoms with van der Waals surface area (Å²) in [7, 11) is 0. The molecule has 2 N–H and O–H groups in total. The van der Waals surface area contributed by atoms with Crippen LogP contribution in [0.15, 0.2) is 54.6 Å². The first-order valence-corrected chi connectivity index (χ1v) is 10.5. The number of nitrogens with one attached hydrogen (secondary N) is 2. The van der Waals surface area contributed by atoms with Crippen LogP contribution in [0.1, 0.15) is 62.7 Å². The van der Waals surface area contributed by atoms with Gasteiger partial charge in [0.2, 0.25) is 17.7 Å². The summed E-state index contributed by atoms with van der Waals surface area (Å²) in [6, 6.07) is 16.0. The molecule has 2 unspecified atom stereocenters. The first kappa shape index (κ1) is 21.6. The lowest BCUT2D eigenvalue weighted by Gasteiger charge is -2.34. The minimum Gasteiger partial charge on any atom is -0.347 e. The molecule has 6 heteroatoms. The van der Waals surface area contributed by atoms with E-state index in [1.807, 2.05) is 61.5 Å². The van der Waals surface area contributed by atoms with Gasteiger partial charge in [0, 0.05) is 25.1 Å². The molecule has 1 fully saturated rings. The van der Waals surface area contributed by atoms with Gasteiger partial charge in [-0.15, -0.1) is 0 Å². The van der Waals surface area contributed by atoms with Gasteiger partial charge >= 0.3 is 0 Å². The number of carbonyl (C=O) groups is 3. The fourth-order valence-electron chi connectivity index (χ4n) is 3.69. The van der Waals surface area contributed by atoms with Crippen LogP contribution in [0.3, 0.4) is 0 Å². The molecule has 158 valence electrons. The van der Waals surface area contributed by atoms with Crippen molar-refractivity contribution >= 4 is 23.4 Å². The van der Waals surface area contributed by atoms with Crippen LogP contribution >= 0.6 is 0 Å². The molecule has 0 radical (unpaired) electrons. The maximum absolute atomic E-state index is 13.3. The highest BCUT2D eigenvalue weighted by Gasteiger charge is 2.33. The summed E-state index contributed by atoms with van der Waals surface area (Å²) in [6.45, 7) is 4.31. The molecular formula is C24H29N3O3. The van der Waals surface area contributed by atoms with Gasteiger partial charge in [0.1, 0.15) is 6.04 Å². The van der Waals surface area contributed by atoms with E-state index in [1.54, 1.807) is 11.8 Å². The Hall–Kier alpha value is -3.15. The lowest BCUT2D eigenvalue weighted by molar-refractivity contribution is -0.143. The molecule has 0 aromatic heterocycles. The van der Waals surface area contributed by atoms with Crippen molar-refractivity contribution in [1.82, 2.24) is 10.2 Å². The molecule has 0 bridgehead atoms. The van der Waals surface area contributed by atoms with Crippen molar-refractivity contribution in [2.45, 2.75) is 51.6 Å². The predicted octanol–water partition coefficient (Wildman–Crippen LogP) is 3.97. The van der Waals surface area contributed by atoms with Crippen LogP contribution in [-0.4, -0.2) is 29.2 Å². The van der Waals surface area contributed by atoms with Gasteiger partial charge in [-0.2, -0.15) is 0 Å². The maximum Gasteiger partial charge on any atom is 0.247 e. The molecule has 3 amide bonds. The van der Waals surface area contributed by atoms with Crippen LogP contribution in [-0.2, 0) is 14.4 Å². The summed E-state index contributed by atoms with van der Waals surface area (Å²) in [5.74, 6) is -0.206. The van der Waals surface area contributed by atoms with E-state index in [0.29, 0.717) is 19.4 Å². The second-order valence-electron chi connectivity index (χ2n) is 7.61. The molecule has 1 aliphatic rings. The number of piperidine rings is 1. The summed E-state index contributed by atoms with van der Waals surface area (Å²) >= 11 is 0. The Morgan fingerprint density at radius 1 is 1.00 bits per heavy atom. The number of hydrogen-bond donors (Lipinski definition) is 2. The summed E-state index contributed by atoms with van der Waals surface area (Å²) < 4.78 is 0. The summed E-state index contributed by atoms with van der Waals surface area (Å²) in [5.41, 5.74) is 2.47. The van der Waals surface area contributed by atoms with Gasteiger partial charge < -0.3 is 15.5 Å². The summed E-state index contributed by atoms with van der Waals surface area (Å²) in [6.07, 6.45) is 2.68. The van der Waals surface area contributed by atoms with E-state index in [2.05, 4.69) is 10.6 Å². The smallest absolute Gasteiger partial charge is 0.247 e. The second-order valence-corrected chi connectivity index (χ2v) is 7.61. The van der Waals surface area contributed by atoms with Crippen molar-refractivity contribution < 1.29 is 14.4 Å². The van der Waals surface area contributed by atoms with Gasteiger partial charge in [0.05, 0.1) is 6.04 Å². The zero-order valence-electron chi connectivity index (χ0n) is 17.6. The molecule has 30 heavy (non-hydrogen) atoms. The molecule has 1 saturated heterocycles. The Balaban J connectivity index is 1.75. The summed E-state index contributed by atoms with van der Waals surface area (Å²) in [5, 5.41) is 5.88. The van der Waals surface area contributed by atoms with Gasteiger partial charge in [-0.25, -0.2) is 0 Å². The zero-order chi connectivity index (χ0) is 21.5. The molecule has 1 aliphatic heterocycles. The van der Waals surface area contributed by atoms with Crippen LogP contribution < -0.4 is 10.6 Å². The van der Waals surface area contributed by atoms with Gasteiger partial charge in [-0.3, -0.25) is 14.4 Å². The topological polar surface area (TPSA) is 78.5 Å². The number of rotatable bonds is 7. The Morgan fingerprint density at radius 2 is 1.70 bits per heavy atom. The lowest BCUT2D eigenvalue weighted by Crippen LogP contribution is -2.46. The number of benzene rings is 2. The normalized spacial score (nSPS) is 15.9. The number of amides is 3. The van der Waals surface area contributed by atoms with Gasteiger partial charge in [0.15, 0.2) is 0 Å². The zero-order valence-corrected chi connectivity index (χ0v) is 17.6. The van der Waals surface area contributed by atoms with Crippen molar-refractivity contribution in [3.8, 4) is 0 Å². The number of anilines is 1. The average molecular weight is 408 g/mol. The van der Waals surface area contributed by atoms with E-state index < -0.39 is 6.04 Å². The first-order chi connectivity index (χ1) is 14.5. The minimum absolute atomic E-state index is 0.0222. The number of nitrogens with zero attached hydrogens (tertiary/aromatic N) is 1. The Morgan fingerprint density at radius 3 is 2.33 bits per heavy atom. The molecular weight excluding hydrogens is 378 g/mol. The van der Waals surface area contributed by atoms with Gasteiger partial charge in [0.25, 0.3) is 0 Å². The van der Waals surface area contributed by atoms with E-state index in [1.165, 1.54) is 0 Å². The van der Waals surface area contributed by atoms with Crippen LogP contribution in [0.2, 0.25) is 0 Å². The van der Waals surface area contributed by atoms with Crippen molar-refractivity contribution in [1.29, 1.82) is 0 Å². The van der Waals surface area contributed by atoms with E-state index >= 15 is 0 Å². The molecule has 2 atom stereocenters. The number of likely N-dealkylation sites (tertiary alicyclic amines) is 1. The fraction of sp³-hybridized carbons (Fsp3) is 0.375. The highest BCUT2D eigenvalue weighted by Crippen LogP contribution is 2.27. The maximum atomic E-state index is 13.3. The van der Waals surface area contributed by atoms with Crippen molar-refractivity contribution in [3.63, 3.8) is 0 Å². The number of hydrogen-bond acceptors (Lipinski definition) is 3. The molecule has 6 nitrogen and oxygen atoms in total. The Labute approximate surface area is 177 Å². The Kier molecular flexibility index (Phi) is 7.22. The molecule has 2 aromatic rings. The molecule has 3 rings (SSSR count). The molecule has 0 aliphatic carbocycles. The summed E-state index contributed by atoms with van der Waals surface area (Å²) in [4.78, 5) is 39.0. The largest absolute Gasteiger partial charge is 0.347 e. The van der Waals surface area contributed by atoms with Gasteiger partial charge in [-0.05, 0) is 43.0 Å². The third-order valence-corrected chi connectivity index (χ3v) is 5.41. The van der Waals surface area contributed by atoms with E-state index in [0.717, 1.165) is 29.7 Å². The SMILES string of the molecule is CCC(=O)Nc1ccc(C(C)NC(=O)C(c2ccccc2)N2CCCCC2=O)cc1. The van der Waals surface area contributed by atoms with Crippen LogP contribution in [0.25, 0.3) is 0 Å². The highest BCUT2D eigenvalue weighted by molar-refractivity contribution is 5.90. The predicted molar refractivity (Wildman–Crippen MR) is 117 cm³/mol. The lowest BCUT2D eigenvalue weighted by atomic mass is 9.99. The highest BCUT2D eigenvalue weighted by atomic mass is 16.2.